The van der Waals surface area contributed by atoms with Gasteiger partial charge < -0.3 is 10.2 Å². The Balaban J connectivity index is 3.46. The third kappa shape index (κ3) is 1.73. The number of hydrogen-bond acceptors (Lipinski definition) is 3. The van der Waals surface area contributed by atoms with Crippen molar-refractivity contribution in [1.29, 1.82) is 0 Å². The Labute approximate surface area is 85.8 Å². The van der Waals surface area contributed by atoms with Crippen LogP contribution in [0.5, 0.6) is 11.5 Å². The minimum atomic E-state index is 0.0397. The van der Waals surface area contributed by atoms with Crippen LogP contribution in [0.3, 0.4) is 0 Å². The summed E-state index contributed by atoms with van der Waals surface area (Å²) in [5.41, 5.74) is 0. The minimum Gasteiger partial charge on any atom is -0.507 e. The smallest absolute Gasteiger partial charge is 0.140 e. The normalized spacial score (nSPS) is 10.1. The van der Waals surface area contributed by atoms with Gasteiger partial charge in [0.05, 0.1) is 8.87 Å². The molecule has 1 aromatic rings. The fourth-order valence-electron chi connectivity index (χ4n) is 0.631. The molecule has 1 aromatic carbocycles. The van der Waals surface area contributed by atoms with E-state index in [0.29, 0.717) is 13.8 Å². The fraction of sp³-hybridized carbons (Fsp3) is 0. The van der Waals surface area contributed by atoms with Crippen LogP contribution in [-0.2, 0) is 0 Å². The monoisotopic (exact) mass is 300 g/mol. The highest BCUT2D eigenvalue weighted by molar-refractivity contribution is 14.1. The molecule has 2 nitrogen and oxygen atoms in total. The van der Waals surface area contributed by atoms with Crippen molar-refractivity contribution in [3.05, 3.63) is 9.64 Å². The lowest BCUT2D eigenvalue weighted by Crippen LogP contribution is -1.95. The number of phenolic OH excluding ortho intramolecular Hbond substituents is 2. The lowest BCUT2D eigenvalue weighted by Gasteiger charge is -2.05. The predicted molar refractivity (Wildman–Crippen MR) is 59.1 cm³/mol. The molecule has 0 heterocycles. The topological polar surface area (TPSA) is 40.5 Å². The van der Waals surface area contributed by atoms with E-state index in [4.69, 9.17) is 0 Å². The zero-order valence-corrected chi connectivity index (χ0v) is 9.58. The number of halogens is 1. The van der Waals surface area contributed by atoms with Crippen molar-refractivity contribution in [2.24, 2.45) is 0 Å². The van der Waals surface area contributed by atoms with Crippen molar-refractivity contribution in [1.82, 2.24) is 0 Å². The van der Waals surface area contributed by atoms with E-state index in [-0.39, 0.29) is 11.5 Å². The van der Waals surface area contributed by atoms with Crippen LogP contribution >= 0.6 is 44.5 Å². The van der Waals surface area contributed by atoms with Gasteiger partial charge in [-0.05, 0) is 28.7 Å². The van der Waals surface area contributed by atoms with E-state index < -0.39 is 0 Å². The first-order valence-electron chi connectivity index (χ1n) is 2.73. The largest absolute Gasteiger partial charge is 0.507 e. The highest BCUT2D eigenvalue weighted by Gasteiger charge is 2.09. The van der Waals surface area contributed by atoms with Crippen molar-refractivity contribution in [3.63, 3.8) is 0 Å². The Kier molecular flexibility index (Phi) is 2.89. The van der Waals surface area contributed by atoms with Gasteiger partial charge in [0.1, 0.15) is 11.5 Å². The summed E-state index contributed by atoms with van der Waals surface area (Å²) in [6.07, 6.45) is 0. The molecule has 0 bridgehead atoms. The first kappa shape index (κ1) is 9.42. The minimum absolute atomic E-state index is 0.0397. The van der Waals surface area contributed by atoms with E-state index in [9.17, 15) is 10.2 Å². The SMILES string of the molecule is Oc1cc(S)c(I)c(O)c1P. The summed E-state index contributed by atoms with van der Waals surface area (Å²) < 4.78 is 0.647. The van der Waals surface area contributed by atoms with E-state index in [1.165, 1.54) is 6.07 Å². The van der Waals surface area contributed by atoms with Gasteiger partial charge in [-0.1, -0.05) is 9.24 Å². The molecule has 1 unspecified atom stereocenters. The second-order valence-corrected chi connectivity index (χ2v) is 4.13. The van der Waals surface area contributed by atoms with Crippen molar-refractivity contribution < 1.29 is 10.2 Å². The number of rotatable bonds is 0. The molecule has 0 radical (unpaired) electrons. The first-order valence-corrected chi connectivity index (χ1v) is 4.83. The molecule has 0 spiro atoms. The maximum atomic E-state index is 9.33. The molecule has 0 aliphatic rings. The van der Waals surface area contributed by atoms with Crippen LogP contribution in [0.25, 0.3) is 0 Å². The number of aromatic hydroxyl groups is 2. The van der Waals surface area contributed by atoms with Crippen LogP contribution in [0.1, 0.15) is 0 Å². The number of benzene rings is 1. The van der Waals surface area contributed by atoms with Gasteiger partial charge in [0, 0.05) is 4.90 Å². The molecule has 0 aliphatic carbocycles. The van der Waals surface area contributed by atoms with Gasteiger partial charge in [-0.15, -0.1) is 12.6 Å². The lowest BCUT2D eigenvalue weighted by molar-refractivity contribution is 0.453. The zero-order chi connectivity index (χ0) is 8.59. The molecule has 5 heteroatoms. The summed E-state index contributed by atoms with van der Waals surface area (Å²) in [4.78, 5) is 0.576. The second-order valence-electron chi connectivity index (χ2n) is 1.99. The zero-order valence-electron chi connectivity index (χ0n) is 5.37. The standard InChI is InChI=1S/C6H6IO2PS/c7-4-3(11)1-2(8)6(10)5(4)9/h1,8-9,11H,10H2. The Hall–Kier alpha value is 0.330. The molecule has 0 saturated heterocycles. The lowest BCUT2D eigenvalue weighted by atomic mass is 10.3. The van der Waals surface area contributed by atoms with E-state index in [1.54, 1.807) is 0 Å². The molecule has 0 fully saturated rings. The van der Waals surface area contributed by atoms with Crippen LogP contribution in [-0.4, -0.2) is 10.2 Å². The van der Waals surface area contributed by atoms with Crippen LogP contribution in [0, 0.1) is 3.57 Å². The maximum absolute atomic E-state index is 9.33. The van der Waals surface area contributed by atoms with Crippen LogP contribution < -0.4 is 5.30 Å². The molecule has 60 valence electrons. The summed E-state index contributed by atoms with van der Waals surface area (Å²) >= 11 is 6.01. The number of thiol groups is 1. The first-order chi connectivity index (χ1) is 5.04. The Morgan fingerprint density at radius 1 is 1.45 bits per heavy atom. The van der Waals surface area contributed by atoms with E-state index >= 15 is 0 Å². The van der Waals surface area contributed by atoms with Gasteiger partial charge in [0.15, 0.2) is 0 Å². The van der Waals surface area contributed by atoms with Gasteiger partial charge in [-0.2, -0.15) is 0 Å². The summed E-state index contributed by atoms with van der Waals surface area (Å²) in [5.74, 6) is 0.110. The van der Waals surface area contributed by atoms with E-state index in [2.05, 4.69) is 21.9 Å². The Morgan fingerprint density at radius 2 is 2.00 bits per heavy atom. The highest BCUT2D eigenvalue weighted by atomic mass is 127. The maximum Gasteiger partial charge on any atom is 0.140 e. The van der Waals surface area contributed by atoms with E-state index in [0.717, 1.165) is 0 Å². The average molecular weight is 300 g/mol. The summed E-state index contributed by atoms with van der Waals surface area (Å²) in [5, 5.41) is 18.9. The van der Waals surface area contributed by atoms with Crippen LogP contribution in [0.4, 0.5) is 0 Å². The predicted octanol–water partition coefficient (Wildman–Crippen LogP) is 1.49. The molecule has 1 atom stereocenters. The molecule has 11 heavy (non-hydrogen) atoms. The number of phenols is 2. The van der Waals surface area contributed by atoms with Crippen molar-refractivity contribution in [2.45, 2.75) is 4.90 Å². The summed E-state index contributed by atoms with van der Waals surface area (Å²) in [6.45, 7) is 0. The molecule has 0 saturated carbocycles. The molecule has 2 N–H and O–H groups in total. The molecule has 0 aliphatic heterocycles. The third-order valence-electron chi connectivity index (χ3n) is 1.24. The summed E-state index contributed by atoms with van der Waals surface area (Å²) in [7, 11) is 2.26. The van der Waals surface area contributed by atoms with Gasteiger partial charge in [0.2, 0.25) is 0 Å². The van der Waals surface area contributed by atoms with Gasteiger partial charge in [0.25, 0.3) is 0 Å². The van der Waals surface area contributed by atoms with Crippen molar-refractivity contribution in [2.75, 3.05) is 0 Å². The van der Waals surface area contributed by atoms with Gasteiger partial charge in [-0.25, -0.2) is 0 Å². The Bertz CT molecular complexity index is 277. The van der Waals surface area contributed by atoms with Crippen molar-refractivity contribution in [3.8, 4) is 11.5 Å². The highest BCUT2D eigenvalue weighted by Crippen LogP contribution is 2.30. The number of hydrogen-bond donors (Lipinski definition) is 3. The van der Waals surface area contributed by atoms with Crippen molar-refractivity contribution >= 4 is 49.8 Å². The quantitative estimate of drug-likeness (QED) is 0.386. The second kappa shape index (κ2) is 3.37. The third-order valence-corrected chi connectivity index (χ3v) is 3.68. The fourth-order valence-corrected chi connectivity index (χ4v) is 1.83. The summed E-state index contributed by atoms with van der Waals surface area (Å²) in [6, 6.07) is 1.49. The van der Waals surface area contributed by atoms with Crippen LogP contribution in [0.2, 0.25) is 0 Å². The molecule has 0 amide bonds. The average Bonchev–Trinajstić information content (AvgIpc) is 1.97. The molecular formula is C6H6IO2PS. The molecule has 1 rings (SSSR count). The Morgan fingerprint density at radius 3 is 2.55 bits per heavy atom. The van der Waals surface area contributed by atoms with Gasteiger partial charge >= 0.3 is 0 Å². The molecule has 0 aromatic heterocycles. The van der Waals surface area contributed by atoms with Gasteiger partial charge in [-0.3, -0.25) is 0 Å². The van der Waals surface area contributed by atoms with E-state index in [1.807, 2.05) is 22.6 Å². The van der Waals surface area contributed by atoms with Crippen LogP contribution in [0.15, 0.2) is 11.0 Å². The molecular weight excluding hydrogens is 294 g/mol.